The maximum absolute atomic E-state index is 12.1. The molecule has 2 heterocycles. The van der Waals surface area contributed by atoms with E-state index in [0.717, 1.165) is 30.8 Å². The highest BCUT2D eigenvalue weighted by Gasteiger charge is 2.23. The molecular formula is C10H17N3O3S2. The molecule has 8 heteroatoms. The van der Waals surface area contributed by atoms with Crippen molar-refractivity contribution >= 4 is 26.5 Å². The van der Waals surface area contributed by atoms with E-state index < -0.39 is 10.0 Å². The Morgan fingerprint density at radius 3 is 2.94 bits per heavy atom. The van der Waals surface area contributed by atoms with Crippen LogP contribution in [0.2, 0.25) is 0 Å². The number of ether oxygens (including phenoxy) is 1. The Morgan fingerprint density at radius 1 is 1.61 bits per heavy atom. The van der Waals surface area contributed by atoms with Crippen molar-refractivity contribution in [1.29, 1.82) is 0 Å². The maximum Gasteiger partial charge on any atom is 0.252 e. The van der Waals surface area contributed by atoms with E-state index in [4.69, 9.17) is 10.5 Å². The number of nitrogen functional groups attached to an aromatic ring is 1. The van der Waals surface area contributed by atoms with E-state index in [1.165, 1.54) is 0 Å². The number of nitrogens with one attached hydrogen (secondary N) is 1. The summed E-state index contributed by atoms with van der Waals surface area (Å²) in [6.45, 7) is 3.44. The molecule has 1 saturated heterocycles. The van der Waals surface area contributed by atoms with Crippen molar-refractivity contribution in [2.24, 2.45) is 5.92 Å². The second kappa shape index (κ2) is 5.52. The summed E-state index contributed by atoms with van der Waals surface area (Å²) >= 11 is 0.993. The van der Waals surface area contributed by atoms with Crippen molar-refractivity contribution in [3.63, 3.8) is 0 Å². The topological polar surface area (TPSA) is 94.3 Å². The molecule has 0 saturated carbocycles. The second-order valence-corrected chi connectivity index (χ2v) is 7.35. The van der Waals surface area contributed by atoms with E-state index in [2.05, 4.69) is 9.71 Å². The molecule has 0 aromatic carbocycles. The molecule has 6 nitrogen and oxygen atoms in total. The lowest BCUT2D eigenvalue weighted by atomic mass is 10.0. The largest absolute Gasteiger partial charge is 0.381 e. The van der Waals surface area contributed by atoms with E-state index >= 15 is 0 Å². The van der Waals surface area contributed by atoms with Gasteiger partial charge < -0.3 is 10.5 Å². The second-order valence-electron chi connectivity index (χ2n) is 4.36. The SMILES string of the molecule is Cc1nc(N)sc1S(=O)(=O)NCC1CCCOC1. The van der Waals surface area contributed by atoms with Gasteiger partial charge in [0, 0.05) is 13.2 Å². The lowest BCUT2D eigenvalue weighted by Gasteiger charge is -2.21. The summed E-state index contributed by atoms with van der Waals surface area (Å²) in [5.74, 6) is 0.249. The van der Waals surface area contributed by atoms with Gasteiger partial charge in [-0.05, 0) is 25.7 Å². The molecule has 1 aromatic heterocycles. The smallest absolute Gasteiger partial charge is 0.252 e. The average Bonchev–Trinajstić information content (AvgIpc) is 2.68. The van der Waals surface area contributed by atoms with Gasteiger partial charge in [-0.15, -0.1) is 0 Å². The average molecular weight is 291 g/mol. The molecule has 0 bridgehead atoms. The molecule has 1 atom stereocenters. The number of aryl methyl sites for hydroxylation is 1. The number of rotatable bonds is 4. The van der Waals surface area contributed by atoms with Gasteiger partial charge in [0.05, 0.1) is 12.3 Å². The lowest BCUT2D eigenvalue weighted by Crippen LogP contribution is -2.33. The first kappa shape index (κ1) is 13.7. The van der Waals surface area contributed by atoms with Crippen LogP contribution in [0.4, 0.5) is 5.13 Å². The van der Waals surface area contributed by atoms with Crippen LogP contribution >= 0.6 is 11.3 Å². The standard InChI is InChI=1S/C10H17N3O3S2/c1-7-9(17-10(11)13-7)18(14,15)12-5-8-3-2-4-16-6-8/h8,12H,2-6H2,1H3,(H2,11,13). The van der Waals surface area contributed by atoms with Gasteiger partial charge in [0.2, 0.25) is 0 Å². The maximum atomic E-state index is 12.1. The van der Waals surface area contributed by atoms with Crippen LogP contribution in [0.1, 0.15) is 18.5 Å². The lowest BCUT2D eigenvalue weighted by molar-refractivity contribution is 0.0568. The summed E-state index contributed by atoms with van der Waals surface area (Å²) in [7, 11) is -3.50. The van der Waals surface area contributed by atoms with Crippen LogP contribution in [0.15, 0.2) is 4.21 Å². The van der Waals surface area contributed by atoms with Gasteiger partial charge in [-0.3, -0.25) is 0 Å². The molecule has 18 heavy (non-hydrogen) atoms. The van der Waals surface area contributed by atoms with Crippen LogP contribution < -0.4 is 10.5 Å². The van der Waals surface area contributed by atoms with Crippen molar-refractivity contribution in [2.75, 3.05) is 25.5 Å². The van der Waals surface area contributed by atoms with E-state index in [1.54, 1.807) is 6.92 Å². The van der Waals surface area contributed by atoms with Crippen molar-refractivity contribution in [3.05, 3.63) is 5.69 Å². The third-order valence-electron chi connectivity index (χ3n) is 2.83. The van der Waals surface area contributed by atoms with Gasteiger partial charge in [-0.2, -0.15) is 0 Å². The number of aromatic nitrogens is 1. The van der Waals surface area contributed by atoms with E-state index in [9.17, 15) is 8.42 Å². The fourth-order valence-corrected chi connectivity index (χ4v) is 4.37. The molecule has 0 radical (unpaired) electrons. The Kier molecular flexibility index (Phi) is 4.21. The van der Waals surface area contributed by atoms with Crippen molar-refractivity contribution < 1.29 is 13.2 Å². The Balaban J connectivity index is 2.01. The summed E-state index contributed by atoms with van der Waals surface area (Å²) in [6.07, 6.45) is 1.98. The number of thiazole rings is 1. The number of anilines is 1. The first-order valence-electron chi connectivity index (χ1n) is 5.79. The molecular weight excluding hydrogens is 274 g/mol. The van der Waals surface area contributed by atoms with Crippen LogP contribution in [-0.4, -0.2) is 33.2 Å². The molecule has 1 aliphatic rings. The van der Waals surface area contributed by atoms with Crippen LogP contribution in [0.3, 0.4) is 0 Å². The fraction of sp³-hybridized carbons (Fsp3) is 0.700. The molecule has 0 spiro atoms. The number of nitrogens with zero attached hydrogens (tertiary/aromatic N) is 1. The monoisotopic (exact) mass is 291 g/mol. The molecule has 1 unspecified atom stereocenters. The van der Waals surface area contributed by atoms with Gasteiger partial charge >= 0.3 is 0 Å². The summed E-state index contributed by atoms with van der Waals surface area (Å²) in [6, 6.07) is 0. The van der Waals surface area contributed by atoms with E-state index in [-0.39, 0.29) is 15.3 Å². The van der Waals surface area contributed by atoms with Crippen molar-refractivity contribution in [1.82, 2.24) is 9.71 Å². The molecule has 3 N–H and O–H groups in total. The first-order chi connectivity index (χ1) is 8.49. The molecule has 1 aliphatic heterocycles. The first-order valence-corrected chi connectivity index (χ1v) is 8.09. The normalized spacial score (nSPS) is 21.1. The number of nitrogens with two attached hydrogens (primary N) is 1. The van der Waals surface area contributed by atoms with Crippen LogP contribution in [-0.2, 0) is 14.8 Å². The third kappa shape index (κ3) is 3.19. The third-order valence-corrected chi connectivity index (χ3v) is 5.85. The zero-order chi connectivity index (χ0) is 13.2. The highest BCUT2D eigenvalue weighted by Crippen LogP contribution is 2.25. The minimum absolute atomic E-state index is 0.205. The summed E-state index contributed by atoms with van der Waals surface area (Å²) < 4.78 is 32.3. The van der Waals surface area contributed by atoms with Gasteiger partial charge in [-0.1, -0.05) is 11.3 Å². The Bertz CT molecular complexity index is 506. The predicted octanol–water partition coefficient (Wildman–Crippen LogP) is 0.739. The fourth-order valence-electron chi connectivity index (χ4n) is 1.91. The highest BCUT2D eigenvalue weighted by atomic mass is 32.2. The quantitative estimate of drug-likeness (QED) is 0.853. The Morgan fingerprint density at radius 2 is 2.39 bits per heavy atom. The summed E-state index contributed by atoms with van der Waals surface area (Å²) in [5.41, 5.74) is 5.96. The van der Waals surface area contributed by atoms with Gasteiger partial charge in [0.25, 0.3) is 10.0 Å². The summed E-state index contributed by atoms with van der Waals surface area (Å²) in [5, 5.41) is 0.272. The number of hydrogen-bond acceptors (Lipinski definition) is 6. The predicted molar refractivity (Wildman–Crippen MR) is 70.0 cm³/mol. The van der Waals surface area contributed by atoms with Crippen molar-refractivity contribution in [2.45, 2.75) is 24.0 Å². The van der Waals surface area contributed by atoms with Gasteiger partial charge in [-0.25, -0.2) is 18.1 Å². The van der Waals surface area contributed by atoms with Crippen LogP contribution in [0.25, 0.3) is 0 Å². The number of sulfonamides is 1. The molecule has 0 amide bonds. The molecule has 102 valence electrons. The molecule has 2 rings (SSSR count). The Hall–Kier alpha value is -0.700. The summed E-state index contributed by atoms with van der Waals surface area (Å²) in [4.78, 5) is 3.92. The minimum atomic E-state index is -3.50. The molecule has 1 fully saturated rings. The van der Waals surface area contributed by atoms with E-state index in [0.29, 0.717) is 18.8 Å². The number of hydrogen-bond donors (Lipinski definition) is 2. The minimum Gasteiger partial charge on any atom is -0.381 e. The highest BCUT2D eigenvalue weighted by molar-refractivity contribution is 7.91. The zero-order valence-electron chi connectivity index (χ0n) is 10.2. The van der Waals surface area contributed by atoms with E-state index in [1.807, 2.05) is 0 Å². The Labute approximate surface area is 111 Å². The van der Waals surface area contributed by atoms with Gasteiger partial charge in [0.1, 0.15) is 0 Å². The van der Waals surface area contributed by atoms with Crippen molar-refractivity contribution in [3.8, 4) is 0 Å². The van der Waals surface area contributed by atoms with Gasteiger partial charge in [0.15, 0.2) is 9.34 Å². The van der Waals surface area contributed by atoms with Crippen LogP contribution in [0, 0.1) is 12.8 Å². The molecule has 1 aromatic rings. The molecule has 0 aliphatic carbocycles. The zero-order valence-corrected chi connectivity index (χ0v) is 11.8. The van der Waals surface area contributed by atoms with Crippen LogP contribution in [0.5, 0.6) is 0 Å².